The van der Waals surface area contributed by atoms with E-state index in [0.717, 1.165) is 16.7 Å². The van der Waals surface area contributed by atoms with Crippen LogP contribution in [0.1, 0.15) is 41.3 Å². The molecule has 3 heterocycles. The fraction of sp³-hybridized carbons (Fsp3) is 0.324. The van der Waals surface area contributed by atoms with Crippen molar-refractivity contribution < 1.29 is 18.6 Å². The highest BCUT2D eigenvalue weighted by atomic mass is 35.7. The van der Waals surface area contributed by atoms with Crippen LogP contribution in [-0.2, 0) is 24.2 Å². The Morgan fingerprint density at radius 3 is 1.91 bits per heavy atom. The Hall–Kier alpha value is -3.63. The highest BCUT2D eigenvalue weighted by molar-refractivity contribution is 7.83. The summed E-state index contributed by atoms with van der Waals surface area (Å²) in [7, 11) is 0. The SMILES string of the molecule is Cc1cn(C2CN(C(c3ccccc3)(c3ccccc3)c3ccccc3)CC(COP(=O)(Cl)N3CCC(=O)CC3)O2)c(=O)[nH]c1=O. The first-order valence-corrected chi connectivity index (χ1v) is 17.8. The number of hydrogen-bond acceptors (Lipinski definition) is 7. The lowest BCUT2D eigenvalue weighted by Gasteiger charge is -2.50. The summed E-state index contributed by atoms with van der Waals surface area (Å²) >= 11 is 6.50. The summed E-state index contributed by atoms with van der Waals surface area (Å²) in [5, 5.41) is 0. The maximum atomic E-state index is 13.5. The number of H-pyrrole nitrogens is 1. The van der Waals surface area contributed by atoms with Crippen LogP contribution in [0.2, 0.25) is 0 Å². The number of carbonyl (C=O) groups is 1. The zero-order valence-electron chi connectivity index (χ0n) is 25.5. The van der Waals surface area contributed by atoms with Crippen LogP contribution >= 0.6 is 18.1 Å². The van der Waals surface area contributed by atoms with E-state index >= 15 is 0 Å². The first kappa shape index (κ1) is 32.3. The van der Waals surface area contributed by atoms with Gasteiger partial charge in [-0.3, -0.25) is 28.6 Å². The second-order valence-electron chi connectivity index (χ2n) is 11.6. The van der Waals surface area contributed by atoms with Gasteiger partial charge in [-0.25, -0.2) is 9.46 Å². The summed E-state index contributed by atoms with van der Waals surface area (Å²) in [6.45, 7) is -1.19. The van der Waals surface area contributed by atoms with Gasteiger partial charge in [0.1, 0.15) is 5.78 Å². The van der Waals surface area contributed by atoms with E-state index in [0.29, 0.717) is 12.1 Å². The molecule has 240 valence electrons. The van der Waals surface area contributed by atoms with E-state index in [9.17, 15) is 18.9 Å². The number of aromatic amines is 1. The van der Waals surface area contributed by atoms with E-state index < -0.39 is 36.0 Å². The van der Waals surface area contributed by atoms with Gasteiger partial charge in [-0.05, 0) is 34.9 Å². The molecule has 10 nitrogen and oxygen atoms in total. The summed E-state index contributed by atoms with van der Waals surface area (Å²) in [4.78, 5) is 41.9. The maximum Gasteiger partial charge on any atom is 0.363 e. The molecule has 0 aliphatic carbocycles. The Balaban J connectivity index is 1.46. The third-order valence-electron chi connectivity index (χ3n) is 8.71. The van der Waals surface area contributed by atoms with Gasteiger partial charge in [0, 0.05) is 50.8 Å². The van der Waals surface area contributed by atoms with Gasteiger partial charge in [-0.15, -0.1) is 0 Å². The molecule has 2 aliphatic rings. The molecule has 2 saturated heterocycles. The highest BCUT2D eigenvalue weighted by Crippen LogP contribution is 2.57. The van der Waals surface area contributed by atoms with Crippen molar-refractivity contribution in [3.8, 4) is 0 Å². The third kappa shape index (κ3) is 6.47. The quantitative estimate of drug-likeness (QED) is 0.195. The van der Waals surface area contributed by atoms with Crippen molar-refractivity contribution in [3.63, 3.8) is 0 Å². The molecule has 0 saturated carbocycles. The molecule has 0 amide bonds. The van der Waals surface area contributed by atoms with Crippen LogP contribution < -0.4 is 11.2 Å². The number of Topliss-reactive ketones (excluding diaryl/α,β-unsaturated/α-hetero) is 1. The topological polar surface area (TPSA) is 114 Å². The summed E-state index contributed by atoms with van der Waals surface area (Å²) in [5.41, 5.74) is 1.44. The molecule has 0 spiro atoms. The van der Waals surface area contributed by atoms with E-state index in [1.807, 2.05) is 54.6 Å². The van der Waals surface area contributed by atoms with Crippen LogP contribution in [0.4, 0.5) is 0 Å². The van der Waals surface area contributed by atoms with Crippen LogP contribution in [0.3, 0.4) is 0 Å². The van der Waals surface area contributed by atoms with E-state index in [1.54, 1.807) is 6.92 Å². The number of ketones is 1. The molecule has 46 heavy (non-hydrogen) atoms. The number of piperidine rings is 1. The average Bonchev–Trinajstić information content (AvgIpc) is 3.07. The van der Waals surface area contributed by atoms with Crippen molar-refractivity contribution in [1.82, 2.24) is 19.1 Å². The predicted octanol–water partition coefficient (Wildman–Crippen LogP) is 5.06. The second-order valence-corrected chi connectivity index (χ2v) is 14.7. The summed E-state index contributed by atoms with van der Waals surface area (Å²) in [6, 6.07) is 30.4. The molecule has 12 heteroatoms. The standard InChI is InChI=1S/C34H36ClN4O6P/c1-25-21-39(33(42)36-32(25)41)31-23-37(22-30(45-31)24-44-46(35,43)38-19-17-29(40)18-20-38)34(26-11-5-2-6-12-26,27-13-7-3-8-14-27)28-15-9-4-10-16-28/h2-16,21,30-31H,17-20,22-24H2,1H3,(H,36,41,42). The number of rotatable bonds is 9. The van der Waals surface area contributed by atoms with Crippen molar-refractivity contribution in [1.29, 1.82) is 0 Å². The van der Waals surface area contributed by atoms with Crippen molar-refractivity contribution in [2.75, 3.05) is 32.8 Å². The van der Waals surface area contributed by atoms with Gasteiger partial charge >= 0.3 is 12.6 Å². The Morgan fingerprint density at radius 1 is 0.870 bits per heavy atom. The minimum atomic E-state index is -3.77. The Morgan fingerprint density at radius 2 is 1.39 bits per heavy atom. The van der Waals surface area contributed by atoms with Gasteiger partial charge in [0.25, 0.3) is 5.56 Å². The maximum absolute atomic E-state index is 13.5. The van der Waals surface area contributed by atoms with Crippen molar-refractivity contribution in [3.05, 3.63) is 140 Å². The summed E-state index contributed by atoms with van der Waals surface area (Å²) in [6.07, 6.45) is 0.491. The fourth-order valence-corrected chi connectivity index (χ4v) is 8.28. The molecule has 0 bridgehead atoms. The van der Waals surface area contributed by atoms with Crippen LogP contribution in [0.5, 0.6) is 0 Å². The number of benzene rings is 3. The van der Waals surface area contributed by atoms with E-state index in [2.05, 4.69) is 46.3 Å². The Kier molecular flexibility index (Phi) is 9.57. The van der Waals surface area contributed by atoms with E-state index in [1.165, 1.54) is 15.4 Å². The number of aromatic nitrogens is 2. The molecule has 3 unspecified atom stereocenters. The molecule has 2 fully saturated rings. The van der Waals surface area contributed by atoms with Gasteiger partial charge in [0.05, 0.1) is 18.2 Å². The molecule has 0 radical (unpaired) electrons. The molecule has 6 rings (SSSR count). The van der Waals surface area contributed by atoms with Gasteiger partial charge in [0.2, 0.25) is 0 Å². The van der Waals surface area contributed by atoms with Crippen LogP contribution in [0.25, 0.3) is 0 Å². The van der Waals surface area contributed by atoms with Gasteiger partial charge < -0.3 is 9.26 Å². The minimum absolute atomic E-state index is 0.0997. The van der Waals surface area contributed by atoms with Gasteiger partial charge in [-0.1, -0.05) is 91.0 Å². The molecule has 1 aromatic heterocycles. The number of morpholine rings is 1. The third-order valence-corrected chi connectivity index (χ3v) is 11.2. The lowest BCUT2D eigenvalue weighted by molar-refractivity contribution is -0.148. The van der Waals surface area contributed by atoms with Crippen molar-refractivity contribution in [2.24, 2.45) is 0 Å². The van der Waals surface area contributed by atoms with E-state index in [-0.39, 0.29) is 44.9 Å². The smallest absolute Gasteiger partial charge is 0.350 e. The molecular formula is C34H36ClN4O6P. The molecule has 4 aromatic rings. The number of ether oxygens (including phenoxy) is 1. The normalized spacial score (nSPS) is 21.1. The summed E-state index contributed by atoms with van der Waals surface area (Å²) in [5.74, 6) is 0.0997. The van der Waals surface area contributed by atoms with Crippen LogP contribution in [0, 0.1) is 6.92 Å². The molecule has 3 aromatic carbocycles. The number of carbonyl (C=O) groups excluding carboxylic acids is 1. The summed E-state index contributed by atoms with van der Waals surface area (Å²) < 4.78 is 28.9. The fourth-order valence-electron chi connectivity index (χ4n) is 6.46. The lowest BCUT2D eigenvalue weighted by atomic mass is 9.75. The minimum Gasteiger partial charge on any atom is -0.350 e. The van der Waals surface area contributed by atoms with Gasteiger partial charge in [-0.2, -0.15) is 0 Å². The monoisotopic (exact) mass is 662 g/mol. The highest BCUT2D eigenvalue weighted by Gasteiger charge is 2.47. The molecule has 1 N–H and O–H groups in total. The lowest BCUT2D eigenvalue weighted by Crippen LogP contribution is -2.58. The average molecular weight is 663 g/mol. The molecular weight excluding hydrogens is 627 g/mol. The van der Waals surface area contributed by atoms with Crippen LogP contribution in [-0.4, -0.2) is 63.8 Å². The number of hydrogen-bond donors (Lipinski definition) is 1. The molecule has 3 atom stereocenters. The first-order valence-electron chi connectivity index (χ1n) is 15.3. The zero-order chi connectivity index (χ0) is 32.3. The molecule has 2 aliphatic heterocycles. The second kappa shape index (κ2) is 13.6. The van der Waals surface area contributed by atoms with Crippen molar-refractivity contribution in [2.45, 2.75) is 37.6 Å². The number of aryl methyl sites for hydroxylation is 1. The van der Waals surface area contributed by atoms with Crippen molar-refractivity contribution >= 4 is 23.9 Å². The Labute approximate surface area is 271 Å². The Bertz CT molecular complexity index is 1730. The van der Waals surface area contributed by atoms with Gasteiger partial charge in [0.15, 0.2) is 6.23 Å². The largest absolute Gasteiger partial charge is 0.363 e. The zero-order valence-corrected chi connectivity index (χ0v) is 27.1. The first-order chi connectivity index (χ1) is 22.2. The number of halogens is 1. The van der Waals surface area contributed by atoms with Crippen LogP contribution in [0.15, 0.2) is 107 Å². The van der Waals surface area contributed by atoms with E-state index in [4.69, 9.17) is 20.5 Å². The number of nitrogens with zero attached hydrogens (tertiary/aromatic N) is 3. The predicted molar refractivity (Wildman–Crippen MR) is 176 cm³/mol. The number of nitrogens with one attached hydrogen (secondary N) is 1.